The number of carbonyl (C=O) groups excluding carboxylic acids is 1. The highest BCUT2D eigenvalue weighted by Crippen LogP contribution is 2.39. The van der Waals surface area contributed by atoms with E-state index < -0.39 is 0 Å². The molecule has 5 heteroatoms. The molecule has 1 aliphatic carbocycles. The molecule has 2 fully saturated rings. The zero-order valence-corrected chi connectivity index (χ0v) is 14.0. The Kier molecular flexibility index (Phi) is 4.06. The third kappa shape index (κ3) is 3.08. The monoisotopic (exact) mass is 302 g/mol. The molecule has 5 nitrogen and oxygen atoms in total. The number of hydrogen-bond donors (Lipinski definition) is 0. The summed E-state index contributed by atoms with van der Waals surface area (Å²) >= 11 is 0. The fourth-order valence-corrected chi connectivity index (χ4v) is 3.45. The molecule has 1 aromatic heterocycles. The Balaban J connectivity index is 1.59. The van der Waals surface area contributed by atoms with Gasteiger partial charge in [0.1, 0.15) is 11.6 Å². The van der Waals surface area contributed by atoms with Gasteiger partial charge >= 0.3 is 0 Å². The third-order valence-corrected chi connectivity index (χ3v) is 5.06. The lowest BCUT2D eigenvalue weighted by atomic mass is 10.0. The lowest BCUT2D eigenvalue weighted by Gasteiger charge is -2.37. The maximum Gasteiger partial charge on any atom is 0.225 e. The first-order valence-corrected chi connectivity index (χ1v) is 8.29. The molecule has 2 heterocycles. The third-order valence-electron chi connectivity index (χ3n) is 5.06. The molecule has 0 N–H and O–H groups in total. The number of aromatic nitrogens is 2. The molecule has 1 saturated heterocycles. The van der Waals surface area contributed by atoms with Crippen LogP contribution in [0.1, 0.15) is 37.7 Å². The molecule has 22 heavy (non-hydrogen) atoms. The second-order valence-corrected chi connectivity index (χ2v) is 6.90. The van der Waals surface area contributed by atoms with Crippen LogP contribution >= 0.6 is 0 Å². The van der Waals surface area contributed by atoms with Crippen LogP contribution in [-0.2, 0) is 4.79 Å². The predicted octanol–water partition coefficient (Wildman–Crippen LogP) is 2.18. The van der Waals surface area contributed by atoms with Crippen molar-refractivity contribution < 1.29 is 4.79 Å². The lowest BCUT2D eigenvalue weighted by Crippen LogP contribution is -2.46. The summed E-state index contributed by atoms with van der Waals surface area (Å²) in [6.07, 6.45) is 3.11. The van der Waals surface area contributed by atoms with Crippen molar-refractivity contribution in [3.63, 3.8) is 0 Å². The zero-order chi connectivity index (χ0) is 15.9. The summed E-state index contributed by atoms with van der Waals surface area (Å²) in [4.78, 5) is 25.5. The molecule has 2 unspecified atom stereocenters. The molecule has 0 aromatic carbocycles. The molecule has 0 bridgehead atoms. The SMILES string of the molecule is Cc1cc(N2CCC(N(C)C(=O)C3CC3C)CC2)nc(C)n1. The maximum absolute atomic E-state index is 12.3. The highest BCUT2D eigenvalue weighted by molar-refractivity contribution is 5.81. The van der Waals surface area contributed by atoms with E-state index in [1.807, 2.05) is 31.9 Å². The Morgan fingerprint density at radius 2 is 1.91 bits per heavy atom. The minimum Gasteiger partial charge on any atom is -0.356 e. The highest BCUT2D eigenvalue weighted by Gasteiger charge is 2.42. The fraction of sp³-hybridized carbons (Fsp3) is 0.706. The van der Waals surface area contributed by atoms with Gasteiger partial charge in [0, 0.05) is 43.9 Å². The minimum absolute atomic E-state index is 0.287. The van der Waals surface area contributed by atoms with Crippen LogP contribution in [-0.4, -0.2) is 47.0 Å². The first-order chi connectivity index (χ1) is 10.5. The summed E-state index contributed by atoms with van der Waals surface area (Å²) in [5, 5.41) is 0. The lowest BCUT2D eigenvalue weighted by molar-refractivity contribution is -0.134. The average Bonchev–Trinajstić information content (AvgIpc) is 3.22. The van der Waals surface area contributed by atoms with Gasteiger partial charge in [0.25, 0.3) is 0 Å². The molecule has 2 aliphatic rings. The molecule has 2 atom stereocenters. The van der Waals surface area contributed by atoms with E-state index in [9.17, 15) is 4.79 Å². The van der Waals surface area contributed by atoms with Gasteiger partial charge in [-0.05, 0) is 39.0 Å². The zero-order valence-electron chi connectivity index (χ0n) is 14.0. The second-order valence-electron chi connectivity index (χ2n) is 6.90. The Morgan fingerprint density at radius 1 is 1.27 bits per heavy atom. The van der Waals surface area contributed by atoms with E-state index in [1.165, 1.54) is 0 Å². The van der Waals surface area contributed by atoms with Crippen LogP contribution in [0.5, 0.6) is 0 Å². The van der Waals surface area contributed by atoms with Crippen LogP contribution in [0.15, 0.2) is 6.07 Å². The first-order valence-electron chi connectivity index (χ1n) is 8.29. The quantitative estimate of drug-likeness (QED) is 0.858. The van der Waals surface area contributed by atoms with Crippen molar-refractivity contribution in [2.24, 2.45) is 11.8 Å². The van der Waals surface area contributed by atoms with Crippen molar-refractivity contribution >= 4 is 11.7 Å². The van der Waals surface area contributed by atoms with Gasteiger partial charge in [0.15, 0.2) is 0 Å². The van der Waals surface area contributed by atoms with Gasteiger partial charge in [-0.15, -0.1) is 0 Å². The van der Waals surface area contributed by atoms with Crippen molar-refractivity contribution in [2.75, 3.05) is 25.0 Å². The first kappa shape index (κ1) is 15.3. The van der Waals surface area contributed by atoms with Crippen LogP contribution in [0.25, 0.3) is 0 Å². The molecular formula is C17H26N4O. The molecule has 0 spiro atoms. The Hall–Kier alpha value is -1.65. The summed E-state index contributed by atoms with van der Waals surface area (Å²) in [7, 11) is 1.98. The standard InChI is InChI=1S/C17H26N4O/c1-11-9-15(11)17(22)20(4)14-5-7-21(8-6-14)16-10-12(2)18-13(3)19-16/h10-11,14-15H,5-9H2,1-4H3. The summed E-state index contributed by atoms with van der Waals surface area (Å²) in [6, 6.07) is 2.43. The summed E-state index contributed by atoms with van der Waals surface area (Å²) < 4.78 is 0. The minimum atomic E-state index is 0.287. The number of anilines is 1. The molecule has 120 valence electrons. The topological polar surface area (TPSA) is 49.3 Å². The van der Waals surface area contributed by atoms with Gasteiger partial charge in [0.05, 0.1) is 0 Å². The van der Waals surface area contributed by atoms with E-state index in [0.717, 1.165) is 49.7 Å². The number of amides is 1. The van der Waals surface area contributed by atoms with Gasteiger partial charge in [-0.25, -0.2) is 9.97 Å². The second kappa shape index (κ2) is 5.86. The predicted molar refractivity (Wildman–Crippen MR) is 86.8 cm³/mol. The van der Waals surface area contributed by atoms with Crippen LogP contribution < -0.4 is 4.90 Å². The summed E-state index contributed by atoms with van der Waals surface area (Å²) in [6.45, 7) is 8.02. The Bertz CT molecular complexity index is 546. The van der Waals surface area contributed by atoms with Gasteiger partial charge in [-0.3, -0.25) is 4.79 Å². The number of piperidine rings is 1. The van der Waals surface area contributed by atoms with Crippen molar-refractivity contribution in [1.29, 1.82) is 0 Å². The van der Waals surface area contributed by atoms with E-state index in [0.29, 0.717) is 17.9 Å². The molecule has 1 aromatic rings. The van der Waals surface area contributed by atoms with Crippen LogP contribution in [0.4, 0.5) is 5.82 Å². The van der Waals surface area contributed by atoms with Gasteiger partial charge in [-0.2, -0.15) is 0 Å². The van der Waals surface area contributed by atoms with Gasteiger partial charge < -0.3 is 9.80 Å². The molecule has 3 rings (SSSR count). The number of aryl methyl sites for hydroxylation is 2. The summed E-state index contributed by atoms with van der Waals surface area (Å²) in [5.74, 6) is 3.07. The average molecular weight is 302 g/mol. The Morgan fingerprint density at radius 3 is 2.45 bits per heavy atom. The van der Waals surface area contributed by atoms with E-state index in [-0.39, 0.29) is 5.92 Å². The van der Waals surface area contributed by atoms with E-state index >= 15 is 0 Å². The summed E-state index contributed by atoms with van der Waals surface area (Å²) in [5.41, 5.74) is 1.01. The molecule has 1 aliphatic heterocycles. The number of hydrogen-bond acceptors (Lipinski definition) is 4. The largest absolute Gasteiger partial charge is 0.356 e. The fourth-order valence-electron chi connectivity index (χ4n) is 3.45. The Labute approximate surface area is 132 Å². The van der Waals surface area contributed by atoms with E-state index in [4.69, 9.17) is 0 Å². The van der Waals surface area contributed by atoms with E-state index in [1.54, 1.807) is 0 Å². The van der Waals surface area contributed by atoms with Crippen LogP contribution in [0.3, 0.4) is 0 Å². The smallest absolute Gasteiger partial charge is 0.225 e. The van der Waals surface area contributed by atoms with Gasteiger partial charge in [0.2, 0.25) is 5.91 Å². The number of carbonyl (C=O) groups is 1. The van der Waals surface area contributed by atoms with Crippen molar-refractivity contribution in [3.8, 4) is 0 Å². The maximum atomic E-state index is 12.3. The number of nitrogens with zero attached hydrogens (tertiary/aromatic N) is 4. The van der Waals surface area contributed by atoms with Crippen LogP contribution in [0, 0.1) is 25.7 Å². The van der Waals surface area contributed by atoms with Crippen molar-refractivity contribution in [3.05, 3.63) is 17.6 Å². The van der Waals surface area contributed by atoms with Crippen molar-refractivity contribution in [1.82, 2.24) is 14.9 Å². The molecular weight excluding hydrogens is 276 g/mol. The normalized spacial score (nSPS) is 25.2. The molecule has 0 radical (unpaired) electrons. The van der Waals surface area contributed by atoms with E-state index in [2.05, 4.69) is 21.8 Å². The molecule has 1 saturated carbocycles. The van der Waals surface area contributed by atoms with Gasteiger partial charge in [-0.1, -0.05) is 6.92 Å². The van der Waals surface area contributed by atoms with Crippen LogP contribution in [0.2, 0.25) is 0 Å². The number of rotatable bonds is 3. The van der Waals surface area contributed by atoms with Crippen molar-refractivity contribution in [2.45, 2.75) is 46.1 Å². The molecule has 1 amide bonds. The highest BCUT2D eigenvalue weighted by atomic mass is 16.2.